The van der Waals surface area contributed by atoms with Crippen molar-refractivity contribution in [3.8, 4) is 0 Å². The van der Waals surface area contributed by atoms with Crippen molar-refractivity contribution < 1.29 is 78.9 Å². The molecule has 0 atom stereocenters. The number of aliphatic carboxylic acids is 2. The van der Waals surface area contributed by atoms with Gasteiger partial charge in [0, 0.05) is 0 Å². The van der Waals surface area contributed by atoms with Gasteiger partial charge in [-0.1, -0.05) is 41.5 Å². The van der Waals surface area contributed by atoms with Crippen LogP contribution < -0.4 is 69.3 Å². The maximum Gasteiger partial charge on any atom is 1.00 e. The van der Waals surface area contributed by atoms with Gasteiger partial charge in [-0.25, -0.2) is 0 Å². The summed E-state index contributed by atoms with van der Waals surface area (Å²) in [5.74, 6) is -3.19. The van der Waals surface area contributed by atoms with Crippen LogP contribution in [0, 0.1) is 16.2 Å². The van der Waals surface area contributed by atoms with Crippen LogP contribution in [-0.4, -0.2) is 11.9 Å². The Morgan fingerprint density at radius 1 is 0.706 bits per heavy atom. The first kappa shape index (κ1) is 23.1. The van der Waals surface area contributed by atoms with Crippen LogP contribution in [0.15, 0.2) is 0 Å². The topological polar surface area (TPSA) is 80.3 Å². The second-order valence-corrected chi connectivity index (χ2v) is 5.82. The molecule has 0 unspecified atom stereocenters. The molecule has 0 heterocycles. The largest absolute Gasteiger partial charge is 1.00 e. The summed E-state index contributed by atoms with van der Waals surface area (Å²) in [6, 6.07) is 0. The van der Waals surface area contributed by atoms with E-state index >= 15 is 0 Å². The van der Waals surface area contributed by atoms with Gasteiger partial charge in [-0.2, -0.15) is 0 Å². The molecule has 0 aliphatic carbocycles. The van der Waals surface area contributed by atoms with Gasteiger partial charge in [-0.3, -0.25) is 0 Å². The van der Waals surface area contributed by atoms with Gasteiger partial charge in [0.25, 0.3) is 0 Å². The molecule has 0 aromatic rings. The van der Waals surface area contributed by atoms with Crippen LogP contribution in [-0.2, 0) is 9.59 Å². The third kappa shape index (κ3) is 3.95. The van der Waals surface area contributed by atoms with E-state index in [1.54, 1.807) is 41.5 Å². The number of hydrogen-bond donors (Lipinski definition) is 0. The molecule has 0 aromatic heterocycles. The molecular formula is C11H18Na2O4. The van der Waals surface area contributed by atoms with Crippen molar-refractivity contribution >= 4 is 11.9 Å². The summed E-state index contributed by atoms with van der Waals surface area (Å²) in [5, 5.41) is 22.4. The van der Waals surface area contributed by atoms with Crippen molar-refractivity contribution in [1.82, 2.24) is 0 Å². The van der Waals surface area contributed by atoms with E-state index in [4.69, 9.17) is 0 Å². The van der Waals surface area contributed by atoms with Gasteiger partial charge in [0.05, 0.1) is 17.4 Å². The summed E-state index contributed by atoms with van der Waals surface area (Å²) in [7, 11) is 0. The van der Waals surface area contributed by atoms with Crippen LogP contribution in [0.2, 0.25) is 0 Å². The van der Waals surface area contributed by atoms with Gasteiger partial charge in [-0.15, -0.1) is 0 Å². The first-order chi connectivity index (χ1) is 6.39. The molecule has 0 aromatic carbocycles. The number of carboxylic acid groups (broad SMARTS) is 2. The minimum absolute atomic E-state index is 0. The second-order valence-electron chi connectivity index (χ2n) is 5.82. The molecule has 6 heteroatoms. The van der Waals surface area contributed by atoms with Crippen LogP contribution in [0.4, 0.5) is 0 Å². The van der Waals surface area contributed by atoms with Gasteiger partial charge in [-0.05, 0) is 10.8 Å². The number of carbonyl (C=O) groups is 2. The van der Waals surface area contributed by atoms with E-state index < -0.39 is 28.2 Å². The number of carboxylic acids is 2. The monoisotopic (exact) mass is 260 g/mol. The third-order valence-electron chi connectivity index (χ3n) is 2.86. The van der Waals surface area contributed by atoms with Crippen molar-refractivity contribution in [2.75, 3.05) is 0 Å². The fraction of sp³-hybridized carbons (Fsp3) is 0.818. The summed E-state index contributed by atoms with van der Waals surface area (Å²) < 4.78 is 0. The van der Waals surface area contributed by atoms with Crippen LogP contribution in [0.5, 0.6) is 0 Å². The molecule has 0 spiro atoms. The van der Waals surface area contributed by atoms with Crippen molar-refractivity contribution in [2.24, 2.45) is 16.2 Å². The molecule has 0 N–H and O–H groups in total. The predicted molar refractivity (Wildman–Crippen MR) is 51.4 cm³/mol. The Morgan fingerprint density at radius 3 is 0.882 bits per heavy atom. The zero-order valence-corrected chi connectivity index (χ0v) is 16.1. The molecule has 0 rings (SSSR count). The standard InChI is InChI=1S/C11H20O4.2Na/c1-9(2,3)11(7(12)13,8(14)15)10(4,5)6;;/h1-6H3,(H,12,13)(H,14,15);;/q;2*+1/p-2. The molecule has 0 saturated carbocycles. The molecule has 0 fully saturated rings. The van der Waals surface area contributed by atoms with E-state index in [0.717, 1.165) is 0 Å². The van der Waals surface area contributed by atoms with Crippen LogP contribution in [0.3, 0.4) is 0 Å². The predicted octanol–water partition coefficient (Wildman–Crippen LogP) is -6.43. The van der Waals surface area contributed by atoms with E-state index in [2.05, 4.69) is 0 Å². The maximum absolute atomic E-state index is 11.2. The number of carbonyl (C=O) groups excluding carboxylic acids is 2. The molecule has 17 heavy (non-hydrogen) atoms. The van der Waals surface area contributed by atoms with Crippen LogP contribution in [0.1, 0.15) is 41.5 Å². The molecule has 0 aliphatic heterocycles. The average molecular weight is 260 g/mol. The first-order valence-corrected chi connectivity index (χ1v) is 4.82. The van der Waals surface area contributed by atoms with E-state index in [0.29, 0.717) is 0 Å². The average Bonchev–Trinajstić information content (AvgIpc) is 1.75. The van der Waals surface area contributed by atoms with Gasteiger partial charge in [0.1, 0.15) is 0 Å². The van der Waals surface area contributed by atoms with Gasteiger partial charge in [0.15, 0.2) is 0 Å². The summed E-state index contributed by atoms with van der Waals surface area (Å²) >= 11 is 0. The Balaban J connectivity index is -0.000000980. The number of rotatable bonds is 2. The first-order valence-electron chi connectivity index (χ1n) is 4.82. The Hall–Kier alpha value is 0.940. The molecule has 88 valence electrons. The molecule has 0 amide bonds. The third-order valence-corrected chi connectivity index (χ3v) is 2.86. The Bertz CT molecular complexity index is 257. The zero-order valence-electron chi connectivity index (χ0n) is 12.1. The van der Waals surface area contributed by atoms with Crippen molar-refractivity contribution in [1.29, 1.82) is 0 Å². The van der Waals surface area contributed by atoms with Crippen molar-refractivity contribution in [2.45, 2.75) is 41.5 Å². The SMILES string of the molecule is CC(C)(C)C(C(=O)[O-])(C(=O)[O-])C(C)(C)C.[Na+].[Na+]. The fourth-order valence-electron chi connectivity index (χ4n) is 2.43. The minimum atomic E-state index is -2.01. The van der Waals surface area contributed by atoms with E-state index in [-0.39, 0.29) is 59.1 Å². The summed E-state index contributed by atoms with van der Waals surface area (Å²) in [5.41, 5.74) is -3.98. The van der Waals surface area contributed by atoms with Crippen LogP contribution >= 0.6 is 0 Å². The van der Waals surface area contributed by atoms with Crippen molar-refractivity contribution in [3.63, 3.8) is 0 Å². The van der Waals surface area contributed by atoms with Gasteiger partial charge < -0.3 is 19.8 Å². The summed E-state index contributed by atoms with van der Waals surface area (Å²) in [6.07, 6.45) is 0. The smallest absolute Gasteiger partial charge is 0.549 e. The summed E-state index contributed by atoms with van der Waals surface area (Å²) in [6.45, 7) is 9.36. The zero-order chi connectivity index (χ0) is 12.7. The Kier molecular flexibility index (Phi) is 9.39. The fourth-order valence-corrected chi connectivity index (χ4v) is 2.43. The molecule has 0 radical (unpaired) electrons. The van der Waals surface area contributed by atoms with Gasteiger partial charge >= 0.3 is 59.1 Å². The molecule has 4 nitrogen and oxygen atoms in total. The molecule has 0 aliphatic rings. The molecule has 0 bridgehead atoms. The minimum Gasteiger partial charge on any atom is -0.549 e. The molecular weight excluding hydrogens is 242 g/mol. The Labute approximate surface area is 147 Å². The summed E-state index contributed by atoms with van der Waals surface area (Å²) in [4.78, 5) is 22.4. The quantitative estimate of drug-likeness (QED) is 0.365. The van der Waals surface area contributed by atoms with Gasteiger partial charge in [0.2, 0.25) is 0 Å². The van der Waals surface area contributed by atoms with Crippen molar-refractivity contribution in [3.05, 3.63) is 0 Å². The molecule has 0 saturated heterocycles. The normalized spacial score (nSPS) is 12.1. The van der Waals surface area contributed by atoms with Crippen LogP contribution in [0.25, 0.3) is 0 Å². The van der Waals surface area contributed by atoms with E-state index in [1.807, 2.05) is 0 Å². The van der Waals surface area contributed by atoms with E-state index in [9.17, 15) is 19.8 Å². The maximum atomic E-state index is 11.2. The Morgan fingerprint density at radius 2 is 0.882 bits per heavy atom. The number of hydrogen-bond acceptors (Lipinski definition) is 4. The van der Waals surface area contributed by atoms with E-state index in [1.165, 1.54) is 0 Å². The second kappa shape index (κ2) is 6.92.